The summed E-state index contributed by atoms with van der Waals surface area (Å²) in [6.07, 6.45) is 0. The average Bonchev–Trinajstić information content (AvgIpc) is 2.45. The summed E-state index contributed by atoms with van der Waals surface area (Å²) in [5.41, 5.74) is 1.45. The third kappa shape index (κ3) is 4.95. The summed E-state index contributed by atoms with van der Waals surface area (Å²) in [4.78, 5) is 33.3. The Balaban J connectivity index is 2.38. The van der Waals surface area contributed by atoms with Gasteiger partial charge in [0.05, 0.1) is 0 Å². The van der Waals surface area contributed by atoms with E-state index in [1.807, 2.05) is 0 Å². The van der Waals surface area contributed by atoms with Gasteiger partial charge in [-0.3, -0.25) is 14.4 Å². The van der Waals surface area contributed by atoms with Crippen molar-refractivity contribution in [2.75, 3.05) is 0 Å². The van der Waals surface area contributed by atoms with E-state index in [1.54, 1.807) is 36.4 Å². The molecule has 0 fully saturated rings. The van der Waals surface area contributed by atoms with Crippen LogP contribution in [-0.2, 0) is 14.4 Å². The summed E-state index contributed by atoms with van der Waals surface area (Å²) >= 11 is 0. The van der Waals surface area contributed by atoms with E-state index in [0.29, 0.717) is 11.3 Å². The fraction of sp³-hybridized carbons (Fsp3) is 0.167. The van der Waals surface area contributed by atoms with Crippen LogP contribution in [0.5, 0.6) is 17.2 Å². The van der Waals surface area contributed by atoms with E-state index in [9.17, 15) is 14.4 Å². The van der Waals surface area contributed by atoms with E-state index in [4.69, 9.17) is 14.2 Å². The van der Waals surface area contributed by atoms with Crippen molar-refractivity contribution in [2.24, 2.45) is 0 Å². The summed E-state index contributed by atoms with van der Waals surface area (Å²) < 4.78 is 15.1. The topological polar surface area (TPSA) is 78.9 Å². The minimum Gasteiger partial charge on any atom is -0.427 e. The molecule has 2 aromatic carbocycles. The Kier molecular flexibility index (Phi) is 5.31. The molecule has 0 aliphatic heterocycles. The summed E-state index contributed by atoms with van der Waals surface area (Å²) in [6.45, 7) is 3.89. The number of benzene rings is 2. The summed E-state index contributed by atoms with van der Waals surface area (Å²) in [7, 11) is 0. The predicted octanol–water partition coefficient (Wildman–Crippen LogP) is 3.13. The molecule has 24 heavy (non-hydrogen) atoms. The van der Waals surface area contributed by atoms with Crippen molar-refractivity contribution in [2.45, 2.75) is 20.8 Å². The summed E-state index contributed by atoms with van der Waals surface area (Å²) in [5.74, 6) is -0.419. The number of carbonyl (C=O) groups is 3. The average molecular weight is 328 g/mol. The molecule has 0 saturated heterocycles. The van der Waals surface area contributed by atoms with Crippen LogP contribution in [0.15, 0.2) is 42.5 Å². The van der Waals surface area contributed by atoms with Crippen LogP contribution in [0.4, 0.5) is 0 Å². The van der Waals surface area contributed by atoms with Crippen LogP contribution in [0, 0.1) is 0 Å². The molecule has 2 aromatic rings. The van der Waals surface area contributed by atoms with E-state index in [1.165, 1.54) is 26.8 Å². The molecule has 0 radical (unpaired) electrons. The second-order valence-corrected chi connectivity index (χ2v) is 5.00. The highest BCUT2D eigenvalue weighted by Gasteiger charge is 2.09. The Hall–Kier alpha value is -3.15. The third-order valence-electron chi connectivity index (χ3n) is 2.85. The molecule has 0 spiro atoms. The number of rotatable bonds is 4. The maximum absolute atomic E-state index is 11.2. The van der Waals surface area contributed by atoms with Gasteiger partial charge in [0.25, 0.3) is 0 Å². The van der Waals surface area contributed by atoms with Crippen LogP contribution in [-0.4, -0.2) is 17.9 Å². The minimum absolute atomic E-state index is 0.264. The van der Waals surface area contributed by atoms with Gasteiger partial charge in [-0.1, -0.05) is 12.1 Å². The zero-order valence-electron chi connectivity index (χ0n) is 13.5. The second kappa shape index (κ2) is 7.41. The highest BCUT2D eigenvalue weighted by Crippen LogP contribution is 2.31. The van der Waals surface area contributed by atoms with E-state index in [2.05, 4.69) is 0 Å². The molecule has 0 amide bonds. The van der Waals surface area contributed by atoms with Crippen LogP contribution >= 0.6 is 0 Å². The molecule has 0 aromatic heterocycles. The number of ether oxygens (including phenoxy) is 3. The van der Waals surface area contributed by atoms with Gasteiger partial charge in [0.1, 0.15) is 17.2 Å². The molecule has 0 saturated carbocycles. The quantitative estimate of drug-likeness (QED) is 0.634. The van der Waals surface area contributed by atoms with Crippen LogP contribution in [0.25, 0.3) is 11.1 Å². The maximum Gasteiger partial charge on any atom is 0.308 e. The monoisotopic (exact) mass is 328 g/mol. The van der Waals surface area contributed by atoms with E-state index in [0.717, 1.165) is 5.56 Å². The van der Waals surface area contributed by atoms with Crippen LogP contribution in [0.1, 0.15) is 20.8 Å². The van der Waals surface area contributed by atoms with Gasteiger partial charge >= 0.3 is 17.9 Å². The molecule has 2 rings (SSSR count). The number of hydrogen-bond donors (Lipinski definition) is 0. The van der Waals surface area contributed by atoms with Gasteiger partial charge in [0, 0.05) is 26.8 Å². The van der Waals surface area contributed by atoms with Crippen LogP contribution < -0.4 is 14.2 Å². The van der Waals surface area contributed by atoms with Gasteiger partial charge in [0.15, 0.2) is 0 Å². The summed E-state index contributed by atoms with van der Waals surface area (Å²) in [6, 6.07) is 11.5. The normalized spacial score (nSPS) is 9.96. The molecule has 0 bridgehead atoms. The van der Waals surface area contributed by atoms with Crippen molar-refractivity contribution in [1.82, 2.24) is 0 Å². The fourth-order valence-electron chi connectivity index (χ4n) is 2.07. The first kappa shape index (κ1) is 17.2. The van der Waals surface area contributed by atoms with Crippen molar-refractivity contribution in [3.8, 4) is 28.4 Å². The lowest BCUT2D eigenvalue weighted by Crippen LogP contribution is -2.04. The molecule has 0 aliphatic rings. The lowest BCUT2D eigenvalue weighted by atomic mass is 10.0. The fourth-order valence-corrected chi connectivity index (χ4v) is 2.07. The molecule has 0 atom stereocenters. The molecule has 124 valence electrons. The SMILES string of the molecule is CC(=O)Oc1ccc(-c2cc(OC(C)=O)cc(OC(C)=O)c2)cc1. The third-order valence-corrected chi connectivity index (χ3v) is 2.85. The highest BCUT2D eigenvalue weighted by atomic mass is 16.5. The Labute approximate surface area is 139 Å². The largest absolute Gasteiger partial charge is 0.427 e. The Bertz CT molecular complexity index is 742. The standard InChI is InChI=1S/C18H16O6/c1-11(19)22-16-6-4-14(5-7-16)15-8-17(23-12(2)20)10-18(9-15)24-13(3)21/h4-10H,1-3H3. The number of esters is 3. The molecule has 6 heteroatoms. The van der Waals surface area contributed by atoms with Crippen molar-refractivity contribution in [3.63, 3.8) is 0 Å². The Morgan fingerprint density at radius 3 is 1.42 bits per heavy atom. The van der Waals surface area contributed by atoms with Crippen molar-refractivity contribution in [3.05, 3.63) is 42.5 Å². The molecular weight excluding hydrogens is 312 g/mol. The smallest absolute Gasteiger partial charge is 0.308 e. The number of carbonyl (C=O) groups excluding carboxylic acids is 3. The van der Waals surface area contributed by atoms with Crippen LogP contribution in [0.3, 0.4) is 0 Å². The molecule has 6 nitrogen and oxygen atoms in total. The Morgan fingerprint density at radius 2 is 1.00 bits per heavy atom. The van der Waals surface area contributed by atoms with Gasteiger partial charge < -0.3 is 14.2 Å². The van der Waals surface area contributed by atoms with Crippen molar-refractivity contribution < 1.29 is 28.6 Å². The van der Waals surface area contributed by atoms with E-state index in [-0.39, 0.29) is 11.5 Å². The molecule has 0 unspecified atom stereocenters. The van der Waals surface area contributed by atoms with Gasteiger partial charge in [-0.25, -0.2) is 0 Å². The first-order chi connectivity index (χ1) is 11.3. The highest BCUT2D eigenvalue weighted by molar-refractivity contribution is 5.75. The van der Waals surface area contributed by atoms with Gasteiger partial charge in [-0.2, -0.15) is 0 Å². The molecule has 0 aliphatic carbocycles. The lowest BCUT2D eigenvalue weighted by Gasteiger charge is -2.10. The van der Waals surface area contributed by atoms with E-state index < -0.39 is 17.9 Å². The lowest BCUT2D eigenvalue weighted by molar-refractivity contribution is -0.133. The molecular formula is C18H16O6. The van der Waals surface area contributed by atoms with E-state index >= 15 is 0 Å². The zero-order chi connectivity index (χ0) is 17.7. The first-order valence-corrected chi connectivity index (χ1v) is 7.14. The molecule has 0 heterocycles. The predicted molar refractivity (Wildman–Crippen MR) is 85.8 cm³/mol. The summed E-state index contributed by atoms with van der Waals surface area (Å²) in [5, 5.41) is 0. The maximum atomic E-state index is 11.2. The van der Waals surface area contributed by atoms with Crippen molar-refractivity contribution >= 4 is 17.9 Å². The van der Waals surface area contributed by atoms with Gasteiger partial charge in [-0.15, -0.1) is 0 Å². The Morgan fingerprint density at radius 1 is 0.583 bits per heavy atom. The van der Waals surface area contributed by atoms with Gasteiger partial charge in [0.2, 0.25) is 0 Å². The van der Waals surface area contributed by atoms with Crippen LogP contribution in [0.2, 0.25) is 0 Å². The van der Waals surface area contributed by atoms with Crippen molar-refractivity contribution in [1.29, 1.82) is 0 Å². The number of hydrogen-bond acceptors (Lipinski definition) is 6. The first-order valence-electron chi connectivity index (χ1n) is 7.14. The van der Waals surface area contributed by atoms with Gasteiger partial charge in [-0.05, 0) is 35.4 Å². The molecule has 0 N–H and O–H groups in total. The minimum atomic E-state index is -0.480. The zero-order valence-corrected chi connectivity index (χ0v) is 13.5. The second-order valence-electron chi connectivity index (χ2n) is 5.00.